The third-order valence-corrected chi connectivity index (χ3v) is 2.94. The molecule has 0 saturated heterocycles. The van der Waals surface area contributed by atoms with Crippen molar-refractivity contribution in [3.8, 4) is 17.2 Å². The minimum absolute atomic E-state index is 0.00269. The molecule has 1 aromatic carbocycles. The summed E-state index contributed by atoms with van der Waals surface area (Å²) < 4.78 is 10.8. The van der Waals surface area contributed by atoms with Gasteiger partial charge in [0.2, 0.25) is 0 Å². The minimum atomic E-state index is -0.515. The maximum absolute atomic E-state index is 12.0. The highest BCUT2D eigenvalue weighted by Gasteiger charge is 2.35. The van der Waals surface area contributed by atoms with Crippen LogP contribution in [0, 0.1) is 6.92 Å². The number of ether oxygens (including phenoxy) is 2. The molecule has 1 aliphatic rings. The van der Waals surface area contributed by atoms with E-state index in [1.807, 2.05) is 13.8 Å². The maximum Gasteiger partial charge on any atom is 0.170 e. The van der Waals surface area contributed by atoms with Crippen LogP contribution in [0.15, 0.2) is 6.07 Å². The molecule has 92 valence electrons. The van der Waals surface area contributed by atoms with Crippen molar-refractivity contribution in [1.82, 2.24) is 0 Å². The Morgan fingerprint density at radius 1 is 1.47 bits per heavy atom. The van der Waals surface area contributed by atoms with E-state index in [-0.39, 0.29) is 11.5 Å². The predicted octanol–water partition coefficient (Wildman–Crippen LogP) is 2.45. The number of hydrogen-bond acceptors (Lipinski definition) is 4. The van der Waals surface area contributed by atoms with Crippen LogP contribution in [0.4, 0.5) is 0 Å². The maximum atomic E-state index is 12.0. The fourth-order valence-electron chi connectivity index (χ4n) is 2.14. The Hall–Kier alpha value is -1.71. The van der Waals surface area contributed by atoms with Gasteiger partial charge in [-0.2, -0.15) is 0 Å². The van der Waals surface area contributed by atoms with Gasteiger partial charge >= 0.3 is 0 Å². The largest absolute Gasteiger partial charge is 0.504 e. The van der Waals surface area contributed by atoms with Gasteiger partial charge in [0.1, 0.15) is 11.4 Å². The Balaban J connectivity index is 2.65. The van der Waals surface area contributed by atoms with E-state index >= 15 is 0 Å². The summed E-state index contributed by atoms with van der Waals surface area (Å²) in [6.07, 6.45) is 0.312. The summed E-state index contributed by atoms with van der Waals surface area (Å²) in [7, 11) is 1.47. The second kappa shape index (κ2) is 3.65. The molecule has 1 heterocycles. The van der Waals surface area contributed by atoms with Crippen molar-refractivity contribution in [2.75, 3.05) is 7.11 Å². The molecule has 0 atom stereocenters. The Kier molecular flexibility index (Phi) is 2.53. The highest BCUT2D eigenvalue weighted by molar-refractivity contribution is 6.02. The molecule has 1 N–H and O–H groups in total. The lowest BCUT2D eigenvalue weighted by molar-refractivity contribution is 0.0615. The first-order valence-corrected chi connectivity index (χ1v) is 5.48. The van der Waals surface area contributed by atoms with Crippen LogP contribution in [0.1, 0.15) is 36.2 Å². The molecule has 0 aliphatic carbocycles. The van der Waals surface area contributed by atoms with Crippen molar-refractivity contribution < 1.29 is 19.4 Å². The number of Topliss-reactive ketones (excluding diaryl/α,β-unsaturated/α-hetero) is 1. The average molecular weight is 236 g/mol. The summed E-state index contributed by atoms with van der Waals surface area (Å²) in [5.74, 6) is 0.805. The molecule has 0 unspecified atom stereocenters. The van der Waals surface area contributed by atoms with E-state index in [1.165, 1.54) is 7.11 Å². The molecular weight excluding hydrogens is 220 g/mol. The summed E-state index contributed by atoms with van der Waals surface area (Å²) >= 11 is 0. The highest BCUT2D eigenvalue weighted by atomic mass is 16.5. The first kappa shape index (κ1) is 11.8. The van der Waals surface area contributed by atoms with Crippen LogP contribution in [-0.4, -0.2) is 23.6 Å². The molecule has 0 aromatic heterocycles. The first-order valence-electron chi connectivity index (χ1n) is 5.48. The Bertz CT molecular complexity index is 489. The number of carbonyl (C=O) groups excluding carboxylic acids is 1. The summed E-state index contributed by atoms with van der Waals surface area (Å²) in [6.45, 7) is 5.42. The lowest BCUT2D eigenvalue weighted by Crippen LogP contribution is -2.36. The molecule has 0 radical (unpaired) electrons. The number of carbonyl (C=O) groups is 1. The Labute approximate surface area is 100 Å². The van der Waals surface area contributed by atoms with Gasteiger partial charge in [0.05, 0.1) is 19.1 Å². The Morgan fingerprint density at radius 2 is 2.12 bits per heavy atom. The molecule has 1 aromatic rings. The second-order valence-corrected chi connectivity index (χ2v) is 4.89. The van der Waals surface area contributed by atoms with Gasteiger partial charge in [-0.1, -0.05) is 0 Å². The predicted molar refractivity (Wildman–Crippen MR) is 63.1 cm³/mol. The average Bonchev–Trinajstić information content (AvgIpc) is 2.20. The minimum Gasteiger partial charge on any atom is -0.504 e. The molecule has 17 heavy (non-hydrogen) atoms. The van der Waals surface area contributed by atoms with Gasteiger partial charge < -0.3 is 14.6 Å². The number of ketones is 1. The van der Waals surface area contributed by atoms with Gasteiger partial charge in [-0.05, 0) is 20.8 Å². The molecule has 2 rings (SSSR count). The smallest absolute Gasteiger partial charge is 0.170 e. The standard InChI is InChI=1S/C13H16O4/c1-7-11-8(14)6-13(2,3)17-9(11)5-10(16-4)12(7)15/h5,15H,6H2,1-4H3. The zero-order chi connectivity index (χ0) is 12.8. The lowest BCUT2D eigenvalue weighted by Gasteiger charge is -2.32. The van der Waals surface area contributed by atoms with Gasteiger partial charge in [0.25, 0.3) is 0 Å². The zero-order valence-corrected chi connectivity index (χ0v) is 10.5. The van der Waals surface area contributed by atoms with E-state index in [4.69, 9.17) is 9.47 Å². The van der Waals surface area contributed by atoms with Crippen molar-refractivity contribution in [2.24, 2.45) is 0 Å². The fourth-order valence-corrected chi connectivity index (χ4v) is 2.14. The molecular formula is C13H16O4. The number of aromatic hydroxyl groups is 1. The van der Waals surface area contributed by atoms with E-state index in [1.54, 1.807) is 13.0 Å². The monoisotopic (exact) mass is 236 g/mol. The van der Waals surface area contributed by atoms with E-state index in [2.05, 4.69) is 0 Å². The molecule has 0 fully saturated rings. The van der Waals surface area contributed by atoms with Crippen molar-refractivity contribution in [1.29, 1.82) is 0 Å². The van der Waals surface area contributed by atoms with Gasteiger partial charge in [0, 0.05) is 11.6 Å². The molecule has 0 saturated carbocycles. The molecule has 4 heteroatoms. The Morgan fingerprint density at radius 3 is 2.71 bits per heavy atom. The van der Waals surface area contributed by atoms with E-state index in [0.29, 0.717) is 29.0 Å². The number of phenolic OH excluding ortho intramolecular Hbond substituents is 1. The summed E-state index contributed by atoms with van der Waals surface area (Å²) in [5, 5.41) is 9.87. The molecule has 4 nitrogen and oxygen atoms in total. The molecule has 0 amide bonds. The summed E-state index contributed by atoms with van der Waals surface area (Å²) in [5.41, 5.74) is 0.459. The topological polar surface area (TPSA) is 55.8 Å². The number of fused-ring (bicyclic) bond motifs is 1. The van der Waals surface area contributed by atoms with E-state index in [0.717, 1.165) is 0 Å². The van der Waals surface area contributed by atoms with Gasteiger partial charge in [-0.15, -0.1) is 0 Å². The van der Waals surface area contributed by atoms with Crippen molar-refractivity contribution >= 4 is 5.78 Å². The van der Waals surface area contributed by atoms with Crippen LogP contribution in [0.25, 0.3) is 0 Å². The number of hydrogen-bond donors (Lipinski definition) is 1. The van der Waals surface area contributed by atoms with E-state index < -0.39 is 5.60 Å². The van der Waals surface area contributed by atoms with E-state index in [9.17, 15) is 9.90 Å². The van der Waals surface area contributed by atoms with Crippen molar-refractivity contribution in [2.45, 2.75) is 32.8 Å². The molecule has 0 bridgehead atoms. The van der Waals surface area contributed by atoms with Crippen molar-refractivity contribution in [3.05, 3.63) is 17.2 Å². The third-order valence-electron chi connectivity index (χ3n) is 2.94. The van der Waals surface area contributed by atoms with Crippen LogP contribution in [-0.2, 0) is 0 Å². The second-order valence-electron chi connectivity index (χ2n) is 4.89. The molecule has 0 spiro atoms. The number of methoxy groups -OCH3 is 1. The lowest BCUT2D eigenvalue weighted by atomic mass is 9.90. The zero-order valence-electron chi connectivity index (χ0n) is 10.5. The van der Waals surface area contributed by atoms with Crippen LogP contribution in [0.5, 0.6) is 17.2 Å². The highest BCUT2D eigenvalue weighted by Crippen LogP contribution is 2.43. The summed E-state index contributed by atoms with van der Waals surface area (Å²) in [4.78, 5) is 12.0. The third kappa shape index (κ3) is 1.84. The summed E-state index contributed by atoms with van der Waals surface area (Å²) in [6, 6.07) is 1.57. The number of benzene rings is 1. The fraction of sp³-hybridized carbons (Fsp3) is 0.462. The van der Waals surface area contributed by atoms with Gasteiger partial charge in [-0.25, -0.2) is 0 Å². The van der Waals surface area contributed by atoms with Crippen molar-refractivity contribution in [3.63, 3.8) is 0 Å². The SMILES string of the molecule is COc1cc2c(c(C)c1O)C(=O)CC(C)(C)O2. The van der Waals surface area contributed by atoms with Crippen LogP contribution in [0.3, 0.4) is 0 Å². The van der Waals surface area contributed by atoms with Crippen LogP contribution in [0.2, 0.25) is 0 Å². The number of phenols is 1. The molecule has 1 aliphatic heterocycles. The van der Waals surface area contributed by atoms with Crippen LogP contribution < -0.4 is 9.47 Å². The van der Waals surface area contributed by atoms with Crippen LogP contribution >= 0.6 is 0 Å². The quantitative estimate of drug-likeness (QED) is 0.813. The number of rotatable bonds is 1. The first-order chi connectivity index (χ1) is 7.85. The van der Waals surface area contributed by atoms with Gasteiger partial charge in [0.15, 0.2) is 17.3 Å². The normalized spacial score (nSPS) is 17.3. The van der Waals surface area contributed by atoms with Gasteiger partial charge in [-0.3, -0.25) is 4.79 Å².